The molecule has 0 N–H and O–H groups in total. The fourth-order valence-electron chi connectivity index (χ4n) is 7.72. The van der Waals surface area contributed by atoms with Gasteiger partial charge in [0.25, 0.3) is 0 Å². The van der Waals surface area contributed by atoms with Crippen LogP contribution in [0.15, 0.2) is 0 Å². The molecule has 1 heteroatoms. The maximum absolute atomic E-state index is 2.46. The average molecular weight is 528 g/mol. The third-order valence-electron chi connectivity index (χ3n) is 9.29. The van der Waals surface area contributed by atoms with Gasteiger partial charge in [0.2, 0.25) is 0 Å². The Morgan fingerprint density at radius 2 is 0.933 bits per heavy atom. The van der Waals surface area contributed by atoms with E-state index in [0.29, 0.717) is 0 Å². The summed E-state index contributed by atoms with van der Waals surface area (Å²) in [5.74, 6) is 0. The van der Waals surface area contributed by atoms with Crippen molar-refractivity contribution in [3.63, 3.8) is 0 Å². The van der Waals surface area contributed by atoms with Gasteiger partial charge in [0.1, 0.15) is 0 Å². The molecule has 180 valence electrons. The Bertz CT molecular complexity index is 359. The number of hydrogen-bond acceptors (Lipinski definition) is 0. The van der Waals surface area contributed by atoms with Gasteiger partial charge < -0.3 is 0 Å². The molecule has 0 nitrogen and oxygen atoms in total. The van der Waals surface area contributed by atoms with Crippen LogP contribution in [0.1, 0.15) is 157 Å². The standard InChI is InChI=1S/C21H42.2C4H9.Sn/c1-6-11-15-20(16-12-7-2)21(17-10-5,18-13-8-3)19-14-9-4;2*1-3-4-2;/h5-19H2,1-4H3;2*1,3-4H2,2H3;. The summed E-state index contributed by atoms with van der Waals surface area (Å²) in [4.78, 5) is 0. The molecule has 1 saturated heterocycles. The summed E-state index contributed by atoms with van der Waals surface area (Å²) in [6.45, 7) is 14.7. The molecule has 0 bridgehead atoms. The van der Waals surface area contributed by atoms with Gasteiger partial charge >= 0.3 is 198 Å². The van der Waals surface area contributed by atoms with Gasteiger partial charge in [-0.15, -0.1) is 0 Å². The van der Waals surface area contributed by atoms with Crippen molar-refractivity contribution in [3.05, 3.63) is 0 Å². The van der Waals surface area contributed by atoms with Crippen molar-refractivity contribution in [1.82, 2.24) is 0 Å². The van der Waals surface area contributed by atoms with Crippen LogP contribution in [0.2, 0.25) is 16.7 Å². The van der Waals surface area contributed by atoms with E-state index in [9.17, 15) is 0 Å². The summed E-state index contributed by atoms with van der Waals surface area (Å²) in [6, 6.07) is 0. The molecular formula is C29H60Sn. The molecule has 1 rings (SSSR count). The fourth-order valence-corrected chi connectivity index (χ4v) is 30.6. The van der Waals surface area contributed by atoms with Gasteiger partial charge in [0.05, 0.1) is 0 Å². The molecule has 0 radical (unpaired) electrons. The number of unbranched alkanes of at least 4 members (excludes halogenated alkanes) is 6. The van der Waals surface area contributed by atoms with Crippen LogP contribution in [0.5, 0.6) is 0 Å². The zero-order valence-electron chi connectivity index (χ0n) is 22.3. The molecule has 30 heavy (non-hydrogen) atoms. The van der Waals surface area contributed by atoms with Gasteiger partial charge in [-0.25, -0.2) is 0 Å². The Morgan fingerprint density at radius 1 is 0.533 bits per heavy atom. The molecule has 0 aromatic rings. The quantitative estimate of drug-likeness (QED) is 0.156. The van der Waals surface area contributed by atoms with E-state index in [0.717, 1.165) is 8.85 Å². The summed E-state index contributed by atoms with van der Waals surface area (Å²) in [5.41, 5.74) is 0.721. The molecule has 0 aliphatic carbocycles. The van der Waals surface area contributed by atoms with Gasteiger partial charge in [0.15, 0.2) is 0 Å². The normalized spacial score (nSPS) is 19.8. The molecule has 1 fully saturated rings. The zero-order valence-corrected chi connectivity index (χ0v) is 25.2. The van der Waals surface area contributed by atoms with Crippen LogP contribution in [0.25, 0.3) is 0 Å². The van der Waals surface area contributed by atoms with Crippen molar-refractivity contribution in [2.45, 2.75) is 174 Å². The second kappa shape index (κ2) is 15.6. The van der Waals surface area contributed by atoms with Crippen LogP contribution in [0.3, 0.4) is 0 Å². The molecule has 0 aromatic carbocycles. The Balaban J connectivity index is 3.61. The number of hydrogen-bond donors (Lipinski definition) is 0. The molecule has 1 heterocycles. The van der Waals surface area contributed by atoms with Gasteiger partial charge in [-0.1, -0.05) is 0 Å². The van der Waals surface area contributed by atoms with E-state index in [2.05, 4.69) is 41.5 Å². The first-order valence-electron chi connectivity index (χ1n) is 14.6. The van der Waals surface area contributed by atoms with Crippen LogP contribution in [-0.2, 0) is 0 Å². The fraction of sp³-hybridized carbons (Fsp3) is 1.00. The first kappa shape index (κ1) is 28.8. The average Bonchev–Trinajstić information content (AvgIpc) is 2.77. The predicted molar refractivity (Wildman–Crippen MR) is 142 cm³/mol. The summed E-state index contributed by atoms with van der Waals surface area (Å²) in [5, 5.41) is 0. The minimum atomic E-state index is -2.31. The first-order chi connectivity index (χ1) is 14.6. The van der Waals surface area contributed by atoms with E-state index < -0.39 is 18.4 Å². The second-order valence-electron chi connectivity index (χ2n) is 11.1. The minimum absolute atomic E-state index is 0.721. The van der Waals surface area contributed by atoms with E-state index >= 15 is 0 Å². The molecule has 0 unspecified atom stereocenters. The molecule has 0 saturated carbocycles. The Kier molecular flexibility index (Phi) is 15.0. The summed E-state index contributed by atoms with van der Waals surface area (Å²) < 4.78 is 6.04. The van der Waals surface area contributed by atoms with Crippen LogP contribution in [0, 0.1) is 5.41 Å². The van der Waals surface area contributed by atoms with E-state index in [-0.39, 0.29) is 0 Å². The summed E-state index contributed by atoms with van der Waals surface area (Å²) in [7, 11) is 0. The summed E-state index contributed by atoms with van der Waals surface area (Å²) >= 11 is -2.31. The van der Waals surface area contributed by atoms with Crippen LogP contribution in [0.4, 0.5) is 0 Å². The van der Waals surface area contributed by atoms with Gasteiger partial charge in [-0.2, -0.15) is 0 Å². The first-order valence-corrected chi connectivity index (χ1v) is 22.1. The van der Waals surface area contributed by atoms with Gasteiger partial charge in [0, 0.05) is 0 Å². The molecule has 1 aliphatic heterocycles. The SMILES string of the molecule is CCCCC1(CCCC)CC[CH2][Sn]([CH2]CCC)([CH2]CCC)[C]1(CCCC)CCCC. The third kappa shape index (κ3) is 6.90. The topological polar surface area (TPSA) is 0 Å². The third-order valence-corrected chi connectivity index (χ3v) is 29.2. The van der Waals surface area contributed by atoms with E-state index in [1.807, 2.05) is 0 Å². The zero-order chi connectivity index (χ0) is 22.3. The molecular weight excluding hydrogens is 467 g/mol. The van der Waals surface area contributed by atoms with Crippen molar-refractivity contribution in [2.75, 3.05) is 0 Å². The molecule has 0 amide bonds. The van der Waals surface area contributed by atoms with E-state index in [4.69, 9.17) is 0 Å². The van der Waals surface area contributed by atoms with Crippen molar-refractivity contribution in [2.24, 2.45) is 5.41 Å². The number of rotatable bonds is 18. The molecule has 0 aromatic heterocycles. The van der Waals surface area contributed by atoms with Crippen molar-refractivity contribution >= 4 is 18.4 Å². The second-order valence-corrected chi connectivity index (χ2v) is 25.4. The van der Waals surface area contributed by atoms with Crippen molar-refractivity contribution in [1.29, 1.82) is 0 Å². The molecule has 0 atom stereocenters. The molecule has 1 aliphatic rings. The van der Waals surface area contributed by atoms with Gasteiger partial charge in [-0.3, -0.25) is 0 Å². The predicted octanol–water partition coefficient (Wildman–Crippen LogP) is 11.3. The van der Waals surface area contributed by atoms with Crippen molar-refractivity contribution in [3.8, 4) is 0 Å². The Morgan fingerprint density at radius 3 is 1.33 bits per heavy atom. The van der Waals surface area contributed by atoms with Crippen LogP contribution < -0.4 is 0 Å². The molecule has 0 spiro atoms. The van der Waals surface area contributed by atoms with Crippen molar-refractivity contribution < 1.29 is 0 Å². The van der Waals surface area contributed by atoms with E-state index in [1.54, 1.807) is 64.7 Å². The Hall–Kier alpha value is 0.799. The monoisotopic (exact) mass is 528 g/mol. The Labute approximate surface area is 197 Å². The summed E-state index contributed by atoms with van der Waals surface area (Å²) in [6.07, 6.45) is 27.2. The van der Waals surface area contributed by atoms with E-state index in [1.165, 1.54) is 64.2 Å². The van der Waals surface area contributed by atoms with Crippen LogP contribution >= 0.6 is 0 Å². The van der Waals surface area contributed by atoms with Gasteiger partial charge in [-0.05, 0) is 0 Å². The maximum atomic E-state index is 2.46. The van der Waals surface area contributed by atoms with Crippen LogP contribution in [-0.4, -0.2) is 18.4 Å².